The number of aromatic nitrogens is 2. The number of nitrogens with zero attached hydrogens (tertiary/aromatic N) is 4. The van der Waals surface area contributed by atoms with Crippen molar-refractivity contribution in [3.63, 3.8) is 0 Å². The van der Waals surface area contributed by atoms with Crippen LogP contribution >= 0.6 is 0 Å². The summed E-state index contributed by atoms with van der Waals surface area (Å²) in [6, 6.07) is 16.5. The average molecular weight is 429 g/mol. The second-order valence-corrected chi connectivity index (χ2v) is 8.82. The highest BCUT2D eigenvalue weighted by Gasteiger charge is 2.23. The molecule has 1 amide bonds. The van der Waals surface area contributed by atoms with Crippen LogP contribution in [0.25, 0.3) is 11.4 Å². The minimum Gasteiger partial charge on any atom is -0.337 e. The summed E-state index contributed by atoms with van der Waals surface area (Å²) < 4.78 is 30.9. The normalized spacial score (nSPS) is 11.3. The van der Waals surface area contributed by atoms with Gasteiger partial charge in [-0.15, -0.1) is 0 Å². The van der Waals surface area contributed by atoms with Crippen LogP contribution < -0.4 is 4.31 Å². The number of amides is 1. The molecule has 158 valence electrons. The molecule has 2 aromatic carbocycles. The van der Waals surface area contributed by atoms with E-state index in [4.69, 9.17) is 4.52 Å². The van der Waals surface area contributed by atoms with Gasteiger partial charge in [-0.25, -0.2) is 8.42 Å². The van der Waals surface area contributed by atoms with Gasteiger partial charge in [0.1, 0.15) is 6.54 Å². The number of benzene rings is 2. The fraction of sp³-hybridized carbons (Fsp3) is 0.286. The molecule has 0 bridgehead atoms. The summed E-state index contributed by atoms with van der Waals surface area (Å²) in [6.07, 6.45) is 1.92. The number of carbonyl (C=O) groups excluding carboxylic acids is 1. The monoisotopic (exact) mass is 428 g/mol. The van der Waals surface area contributed by atoms with E-state index in [9.17, 15) is 13.2 Å². The van der Waals surface area contributed by atoms with E-state index in [1.165, 1.54) is 4.90 Å². The lowest BCUT2D eigenvalue weighted by Crippen LogP contribution is -2.41. The molecule has 30 heavy (non-hydrogen) atoms. The van der Waals surface area contributed by atoms with E-state index in [2.05, 4.69) is 10.1 Å². The molecule has 0 aliphatic rings. The van der Waals surface area contributed by atoms with Gasteiger partial charge in [0.05, 0.1) is 18.5 Å². The van der Waals surface area contributed by atoms with Gasteiger partial charge in [0.25, 0.3) is 0 Å². The Morgan fingerprint density at radius 1 is 1.07 bits per heavy atom. The highest BCUT2D eigenvalue weighted by Crippen LogP contribution is 2.19. The summed E-state index contributed by atoms with van der Waals surface area (Å²) in [5.41, 5.74) is 2.34. The van der Waals surface area contributed by atoms with Gasteiger partial charge in [-0.05, 0) is 24.1 Å². The Morgan fingerprint density at radius 3 is 2.33 bits per heavy atom. The lowest BCUT2D eigenvalue weighted by atomic mass is 10.1. The molecule has 0 saturated heterocycles. The van der Waals surface area contributed by atoms with Crippen molar-refractivity contribution in [3.8, 4) is 11.4 Å². The smallest absolute Gasteiger partial charge is 0.246 e. The largest absolute Gasteiger partial charge is 0.337 e. The zero-order chi connectivity index (χ0) is 21.7. The summed E-state index contributed by atoms with van der Waals surface area (Å²) in [4.78, 5) is 18.4. The van der Waals surface area contributed by atoms with Crippen LogP contribution in [-0.2, 0) is 27.8 Å². The predicted molar refractivity (Wildman–Crippen MR) is 114 cm³/mol. The molecule has 0 atom stereocenters. The number of carbonyl (C=O) groups is 1. The molecule has 0 saturated carbocycles. The highest BCUT2D eigenvalue weighted by molar-refractivity contribution is 7.92. The molecular weight excluding hydrogens is 404 g/mol. The van der Waals surface area contributed by atoms with Gasteiger partial charge >= 0.3 is 0 Å². The lowest BCUT2D eigenvalue weighted by molar-refractivity contribution is -0.129. The first-order valence-electron chi connectivity index (χ1n) is 9.46. The quantitative estimate of drug-likeness (QED) is 0.547. The molecule has 0 unspecified atom stereocenters. The Morgan fingerprint density at radius 2 is 1.73 bits per heavy atom. The van der Waals surface area contributed by atoms with Crippen LogP contribution in [0.1, 0.15) is 18.4 Å². The summed E-state index contributed by atoms with van der Waals surface area (Å²) in [7, 11) is -2.07. The van der Waals surface area contributed by atoms with Gasteiger partial charge in [0, 0.05) is 12.6 Å². The van der Waals surface area contributed by atoms with Gasteiger partial charge in [-0.3, -0.25) is 9.10 Å². The van der Waals surface area contributed by atoms with E-state index in [-0.39, 0.29) is 24.9 Å². The number of aryl methyl sites for hydroxylation is 1. The lowest BCUT2D eigenvalue weighted by Gasteiger charge is -2.24. The summed E-state index contributed by atoms with van der Waals surface area (Å²) >= 11 is 0. The maximum Gasteiger partial charge on any atom is 0.246 e. The zero-order valence-electron chi connectivity index (χ0n) is 17.1. The van der Waals surface area contributed by atoms with Gasteiger partial charge in [-0.2, -0.15) is 4.98 Å². The fourth-order valence-corrected chi connectivity index (χ4v) is 3.71. The number of hydrogen-bond acceptors (Lipinski definition) is 6. The maximum absolute atomic E-state index is 12.7. The van der Waals surface area contributed by atoms with Crippen LogP contribution in [0.5, 0.6) is 0 Å². The maximum atomic E-state index is 12.7. The van der Waals surface area contributed by atoms with Crippen molar-refractivity contribution in [2.45, 2.75) is 19.9 Å². The molecule has 0 N–H and O–H groups in total. The average Bonchev–Trinajstić information content (AvgIpc) is 3.20. The minimum atomic E-state index is -3.64. The minimum absolute atomic E-state index is 0.0744. The second-order valence-electron chi connectivity index (χ2n) is 6.92. The van der Waals surface area contributed by atoms with Gasteiger partial charge in [0.15, 0.2) is 0 Å². The first kappa shape index (κ1) is 21.5. The molecule has 1 heterocycles. The van der Waals surface area contributed by atoms with E-state index in [1.54, 1.807) is 19.2 Å². The third-order valence-electron chi connectivity index (χ3n) is 4.61. The van der Waals surface area contributed by atoms with E-state index in [0.29, 0.717) is 11.5 Å². The molecule has 3 rings (SSSR count). The Balaban J connectivity index is 1.70. The standard InChI is InChI=1S/C21H24N4O4S/c1-4-16-10-12-18(13-11-16)25(30(3,27)28)15-20(26)24(2)14-19-22-21(23-29-19)17-8-6-5-7-9-17/h5-13H,4,14-15H2,1-3H3. The Bertz CT molecular complexity index is 1100. The van der Waals surface area contributed by atoms with Crippen molar-refractivity contribution in [1.82, 2.24) is 15.0 Å². The van der Waals surface area contributed by atoms with Crippen LogP contribution in [0.2, 0.25) is 0 Å². The molecular formula is C21H24N4O4S. The van der Waals surface area contributed by atoms with Crippen LogP contribution in [0.15, 0.2) is 59.1 Å². The molecule has 9 heteroatoms. The van der Waals surface area contributed by atoms with E-state index < -0.39 is 10.0 Å². The predicted octanol–water partition coefficient (Wildman–Crippen LogP) is 2.72. The van der Waals surface area contributed by atoms with Crippen LogP contribution in [-0.4, -0.2) is 49.2 Å². The molecule has 0 spiro atoms. The third kappa shape index (κ3) is 5.24. The van der Waals surface area contributed by atoms with E-state index in [1.807, 2.05) is 49.4 Å². The van der Waals surface area contributed by atoms with Gasteiger partial charge in [0.2, 0.25) is 27.6 Å². The highest BCUT2D eigenvalue weighted by atomic mass is 32.2. The summed E-state index contributed by atoms with van der Waals surface area (Å²) in [5.74, 6) is 0.308. The zero-order valence-corrected chi connectivity index (χ0v) is 18.0. The SMILES string of the molecule is CCc1ccc(N(CC(=O)N(C)Cc2nc(-c3ccccc3)no2)S(C)(=O)=O)cc1. The van der Waals surface area contributed by atoms with Crippen molar-refractivity contribution in [2.24, 2.45) is 0 Å². The molecule has 0 fully saturated rings. The van der Waals surface area contributed by atoms with Crippen molar-refractivity contribution < 1.29 is 17.7 Å². The summed E-state index contributed by atoms with van der Waals surface area (Å²) in [6.45, 7) is 1.77. The number of anilines is 1. The van der Waals surface area contributed by atoms with Crippen LogP contribution in [0.4, 0.5) is 5.69 Å². The number of sulfonamides is 1. The molecule has 8 nitrogen and oxygen atoms in total. The number of likely N-dealkylation sites (N-methyl/N-ethyl adjacent to an activating group) is 1. The molecule has 0 aliphatic heterocycles. The first-order chi connectivity index (χ1) is 14.3. The van der Waals surface area contributed by atoms with Crippen molar-refractivity contribution >= 4 is 21.6 Å². The van der Waals surface area contributed by atoms with Gasteiger partial charge < -0.3 is 9.42 Å². The molecule has 3 aromatic rings. The molecule has 0 aliphatic carbocycles. The Kier molecular flexibility index (Phi) is 6.51. The van der Waals surface area contributed by atoms with Crippen molar-refractivity contribution in [1.29, 1.82) is 0 Å². The Hall–Kier alpha value is -3.20. The third-order valence-corrected chi connectivity index (χ3v) is 5.75. The first-order valence-corrected chi connectivity index (χ1v) is 11.3. The fourth-order valence-electron chi connectivity index (χ4n) is 2.86. The van der Waals surface area contributed by atoms with E-state index in [0.717, 1.165) is 28.1 Å². The topological polar surface area (TPSA) is 96.6 Å². The van der Waals surface area contributed by atoms with Crippen molar-refractivity contribution in [3.05, 3.63) is 66.1 Å². The molecule has 1 aromatic heterocycles. The molecule has 0 radical (unpaired) electrons. The summed E-state index contributed by atoms with van der Waals surface area (Å²) in [5, 5.41) is 3.93. The Labute approximate surface area is 176 Å². The van der Waals surface area contributed by atoms with Gasteiger partial charge in [-0.1, -0.05) is 54.5 Å². The van der Waals surface area contributed by atoms with Crippen LogP contribution in [0.3, 0.4) is 0 Å². The van der Waals surface area contributed by atoms with E-state index >= 15 is 0 Å². The number of rotatable bonds is 8. The second kappa shape index (κ2) is 9.08. The van der Waals surface area contributed by atoms with Crippen LogP contribution in [0, 0.1) is 0 Å². The number of hydrogen-bond donors (Lipinski definition) is 0. The van der Waals surface area contributed by atoms with Crippen molar-refractivity contribution in [2.75, 3.05) is 24.2 Å².